The minimum atomic E-state index is 0.252. The minimum absolute atomic E-state index is 0.252. The first-order chi connectivity index (χ1) is 13.4. The second-order valence-corrected chi connectivity index (χ2v) is 11.8. The minimum Gasteiger partial charge on any atom is -0.284 e. The third-order valence-electron chi connectivity index (χ3n) is 6.68. The highest BCUT2D eigenvalue weighted by molar-refractivity contribution is 7.99. The molecule has 0 unspecified atom stereocenters. The van der Waals surface area contributed by atoms with E-state index in [1.807, 2.05) is 0 Å². The van der Waals surface area contributed by atoms with Gasteiger partial charge in [0.15, 0.2) is 5.16 Å². The standard InChI is InChI=1S/C23H34N2OS2/c1-5-13-27-22-24-20-19(21(26)25(22)16-9-7-6-8-10-16)17-12-11-15(23(2,3)4)14-18(17)28-20/h15-16H,5-14H2,1-4H3/t15-/m0/s1. The van der Waals surface area contributed by atoms with Crippen molar-refractivity contribution in [3.63, 3.8) is 0 Å². The van der Waals surface area contributed by atoms with Gasteiger partial charge in [-0.2, -0.15) is 0 Å². The summed E-state index contributed by atoms with van der Waals surface area (Å²) >= 11 is 3.58. The molecule has 0 spiro atoms. The van der Waals surface area contributed by atoms with Crippen LogP contribution in [0.4, 0.5) is 0 Å². The first-order valence-corrected chi connectivity index (χ1v) is 12.9. The zero-order valence-corrected chi connectivity index (χ0v) is 19.5. The summed E-state index contributed by atoms with van der Waals surface area (Å²) in [6.45, 7) is 9.25. The lowest BCUT2D eigenvalue weighted by atomic mass is 9.72. The van der Waals surface area contributed by atoms with Crippen LogP contribution in [-0.2, 0) is 12.8 Å². The summed E-state index contributed by atoms with van der Waals surface area (Å²) in [7, 11) is 0. The zero-order valence-electron chi connectivity index (χ0n) is 17.8. The quantitative estimate of drug-likeness (QED) is 0.413. The number of aryl methyl sites for hydroxylation is 1. The molecule has 2 aliphatic rings. The smallest absolute Gasteiger partial charge is 0.263 e. The Kier molecular flexibility index (Phi) is 5.95. The van der Waals surface area contributed by atoms with Gasteiger partial charge in [0, 0.05) is 16.7 Å². The molecule has 1 saturated carbocycles. The van der Waals surface area contributed by atoms with E-state index in [4.69, 9.17) is 4.98 Å². The molecule has 0 aromatic carbocycles. The lowest BCUT2D eigenvalue weighted by molar-refractivity contribution is 0.218. The van der Waals surface area contributed by atoms with E-state index in [1.54, 1.807) is 23.1 Å². The molecular formula is C23H34N2OS2. The zero-order chi connectivity index (χ0) is 19.9. The van der Waals surface area contributed by atoms with E-state index in [-0.39, 0.29) is 5.56 Å². The van der Waals surface area contributed by atoms with E-state index < -0.39 is 0 Å². The number of thioether (sulfide) groups is 1. The topological polar surface area (TPSA) is 34.9 Å². The maximum absolute atomic E-state index is 13.7. The van der Waals surface area contributed by atoms with Gasteiger partial charge in [0.1, 0.15) is 4.83 Å². The third-order valence-corrected chi connectivity index (χ3v) is 8.99. The predicted octanol–water partition coefficient (Wildman–Crippen LogP) is 6.62. The Balaban J connectivity index is 1.82. The van der Waals surface area contributed by atoms with Crippen molar-refractivity contribution in [2.75, 3.05) is 5.75 Å². The predicted molar refractivity (Wildman–Crippen MR) is 122 cm³/mol. The second kappa shape index (κ2) is 8.14. The summed E-state index contributed by atoms with van der Waals surface area (Å²) in [6.07, 6.45) is 10.5. The van der Waals surface area contributed by atoms with Gasteiger partial charge >= 0.3 is 0 Å². The summed E-state index contributed by atoms with van der Waals surface area (Å²) in [5.41, 5.74) is 1.91. The molecule has 0 bridgehead atoms. The first kappa shape index (κ1) is 20.5. The fourth-order valence-electron chi connectivity index (χ4n) is 4.91. The Hall–Kier alpha value is -0.810. The largest absolute Gasteiger partial charge is 0.284 e. The number of hydrogen-bond acceptors (Lipinski definition) is 4. The van der Waals surface area contributed by atoms with Crippen molar-refractivity contribution < 1.29 is 0 Å². The Labute approximate surface area is 177 Å². The Morgan fingerprint density at radius 1 is 1.18 bits per heavy atom. The highest BCUT2D eigenvalue weighted by Gasteiger charge is 2.32. The average Bonchev–Trinajstić information content (AvgIpc) is 3.04. The fraction of sp³-hybridized carbons (Fsp3) is 0.739. The van der Waals surface area contributed by atoms with Gasteiger partial charge in [-0.1, -0.05) is 58.7 Å². The lowest BCUT2D eigenvalue weighted by Gasteiger charge is -2.33. The average molecular weight is 419 g/mol. The molecule has 0 aliphatic heterocycles. The van der Waals surface area contributed by atoms with Gasteiger partial charge in [-0.25, -0.2) is 4.98 Å². The maximum Gasteiger partial charge on any atom is 0.263 e. The molecule has 5 heteroatoms. The SMILES string of the molecule is CCCSc1nc2sc3c(c2c(=O)n1C1CCCCC1)CC[C@H](C(C)(C)C)C3. The van der Waals surface area contributed by atoms with Crippen molar-refractivity contribution in [2.45, 2.75) is 96.7 Å². The molecule has 154 valence electrons. The lowest BCUT2D eigenvalue weighted by Crippen LogP contribution is -2.30. The van der Waals surface area contributed by atoms with E-state index in [2.05, 4.69) is 32.3 Å². The number of rotatable bonds is 4. The van der Waals surface area contributed by atoms with E-state index >= 15 is 0 Å². The summed E-state index contributed by atoms with van der Waals surface area (Å²) in [4.78, 5) is 21.2. The Morgan fingerprint density at radius 2 is 1.93 bits per heavy atom. The number of thiophene rings is 1. The molecule has 3 nitrogen and oxygen atoms in total. The van der Waals surface area contributed by atoms with Crippen molar-refractivity contribution in [1.82, 2.24) is 9.55 Å². The van der Waals surface area contributed by atoms with Crippen molar-refractivity contribution in [2.24, 2.45) is 11.3 Å². The molecule has 0 radical (unpaired) electrons. The van der Waals surface area contributed by atoms with Crippen LogP contribution in [0.2, 0.25) is 0 Å². The molecule has 0 N–H and O–H groups in total. The van der Waals surface area contributed by atoms with Gasteiger partial charge < -0.3 is 0 Å². The van der Waals surface area contributed by atoms with E-state index in [1.165, 1.54) is 36.1 Å². The summed E-state index contributed by atoms with van der Waals surface area (Å²) in [6, 6.07) is 0.346. The number of aromatic nitrogens is 2. The highest BCUT2D eigenvalue weighted by Crippen LogP contribution is 2.43. The maximum atomic E-state index is 13.7. The normalized spacial score (nSPS) is 21.2. The molecule has 4 rings (SSSR count). The number of fused-ring (bicyclic) bond motifs is 3. The van der Waals surface area contributed by atoms with Crippen molar-refractivity contribution in [1.29, 1.82) is 0 Å². The highest BCUT2D eigenvalue weighted by atomic mass is 32.2. The van der Waals surface area contributed by atoms with Gasteiger partial charge in [0.25, 0.3) is 5.56 Å². The van der Waals surface area contributed by atoms with Crippen molar-refractivity contribution >= 4 is 33.3 Å². The molecular weight excluding hydrogens is 384 g/mol. The molecule has 1 atom stereocenters. The number of nitrogens with zero attached hydrogens (tertiary/aromatic N) is 2. The van der Waals surface area contributed by atoms with E-state index in [9.17, 15) is 4.79 Å². The van der Waals surface area contributed by atoms with E-state index in [0.29, 0.717) is 17.4 Å². The molecule has 1 fully saturated rings. The molecule has 2 heterocycles. The number of hydrogen-bond donors (Lipinski definition) is 0. The van der Waals surface area contributed by atoms with Crippen LogP contribution in [0.15, 0.2) is 9.95 Å². The molecule has 0 saturated heterocycles. The van der Waals surface area contributed by atoms with Gasteiger partial charge in [-0.3, -0.25) is 9.36 Å². The van der Waals surface area contributed by atoms with Gasteiger partial charge in [-0.05, 0) is 55.4 Å². The van der Waals surface area contributed by atoms with Crippen LogP contribution in [0.25, 0.3) is 10.2 Å². The van der Waals surface area contributed by atoms with Crippen LogP contribution in [0.5, 0.6) is 0 Å². The Bertz CT molecular complexity index is 900. The molecule has 2 aliphatic carbocycles. The van der Waals surface area contributed by atoms with Crippen molar-refractivity contribution in [3.05, 3.63) is 20.8 Å². The van der Waals surface area contributed by atoms with Crippen LogP contribution < -0.4 is 5.56 Å². The summed E-state index contributed by atoms with van der Waals surface area (Å²) in [5, 5.41) is 1.93. The van der Waals surface area contributed by atoms with Crippen LogP contribution >= 0.6 is 23.1 Å². The molecule has 28 heavy (non-hydrogen) atoms. The monoisotopic (exact) mass is 418 g/mol. The fourth-order valence-corrected chi connectivity index (χ4v) is 7.18. The molecule has 2 aromatic rings. The van der Waals surface area contributed by atoms with Crippen LogP contribution in [0.3, 0.4) is 0 Å². The summed E-state index contributed by atoms with van der Waals surface area (Å²) < 4.78 is 2.10. The van der Waals surface area contributed by atoms with E-state index in [0.717, 1.165) is 53.2 Å². The van der Waals surface area contributed by atoms with Crippen molar-refractivity contribution in [3.8, 4) is 0 Å². The van der Waals surface area contributed by atoms with Gasteiger partial charge in [0.2, 0.25) is 0 Å². The molecule has 0 amide bonds. The Morgan fingerprint density at radius 3 is 2.61 bits per heavy atom. The van der Waals surface area contributed by atoms with Crippen LogP contribution in [-0.4, -0.2) is 15.3 Å². The van der Waals surface area contributed by atoms with Crippen LogP contribution in [0.1, 0.15) is 89.1 Å². The third kappa shape index (κ3) is 3.81. The van der Waals surface area contributed by atoms with Gasteiger partial charge in [-0.15, -0.1) is 11.3 Å². The summed E-state index contributed by atoms with van der Waals surface area (Å²) in [5.74, 6) is 1.73. The second-order valence-electron chi connectivity index (χ2n) is 9.70. The first-order valence-electron chi connectivity index (χ1n) is 11.1. The molecule has 2 aromatic heterocycles. The van der Waals surface area contributed by atoms with Gasteiger partial charge in [0.05, 0.1) is 5.39 Å². The van der Waals surface area contributed by atoms with Crippen LogP contribution in [0, 0.1) is 11.3 Å².